The van der Waals surface area contributed by atoms with Crippen molar-refractivity contribution >= 4 is 0 Å². The molecule has 0 aliphatic carbocycles. The van der Waals surface area contributed by atoms with Gasteiger partial charge < -0.3 is 5.11 Å². The summed E-state index contributed by atoms with van der Waals surface area (Å²) in [5, 5.41) is 19.2. The van der Waals surface area contributed by atoms with Gasteiger partial charge in [-0.25, -0.2) is 0 Å². The molecule has 0 heterocycles. The van der Waals surface area contributed by atoms with Crippen molar-refractivity contribution in [1.82, 2.24) is 0 Å². The molecule has 0 saturated heterocycles. The van der Waals surface area contributed by atoms with Gasteiger partial charge in [-0.3, -0.25) is 10.1 Å². The van der Waals surface area contributed by atoms with Crippen LogP contribution in [0.4, 0.5) is 0 Å². The van der Waals surface area contributed by atoms with Crippen molar-refractivity contribution in [2.45, 2.75) is 45.3 Å². The SMILES string of the molecule is CCC(O)CCC(C)[N+](=O)[O-]. The van der Waals surface area contributed by atoms with Crippen LogP contribution in [0.5, 0.6) is 0 Å². The molecule has 66 valence electrons. The summed E-state index contributed by atoms with van der Waals surface area (Å²) >= 11 is 0. The van der Waals surface area contributed by atoms with Gasteiger partial charge in [0, 0.05) is 18.3 Å². The van der Waals surface area contributed by atoms with Crippen molar-refractivity contribution in [3.63, 3.8) is 0 Å². The first-order valence-electron chi connectivity index (χ1n) is 3.89. The van der Waals surface area contributed by atoms with Gasteiger partial charge in [-0.2, -0.15) is 0 Å². The van der Waals surface area contributed by atoms with Crippen molar-refractivity contribution in [2.75, 3.05) is 0 Å². The molecule has 11 heavy (non-hydrogen) atoms. The average Bonchev–Trinajstić information content (AvgIpc) is 1.99. The number of nitro groups is 1. The predicted octanol–water partition coefficient (Wildman–Crippen LogP) is 1.20. The molecule has 0 bridgehead atoms. The maximum atomic E-state index is 10.1. The molecule has 4 heteroatoms. The number of hydrogen-bond acceptors (Lipinski definition) is 3. The first-order valence-corrected chi connectivity index (χ1v) is 3.89. The van der Waals surface area contributed by atoms with Crippen LogP contribution in [0.2, 0.25) is 0 Å². The van der Waals surface area contributed by atoms with Gasteiger partial charge in [-0.05, 0) is 12.8 Å². The normalized spacial score (nSPS) is 15.9. The Bertz CT molecular complexity index is 127. The van der Waals surface area contributed by atoms with Crippen LogP contribution in [-0.4, -0.2) is 22.2 Å². The van der Waals surface area contributed by atoms with E-state index in [1.807, 2.05) is 6.92 Å². The highest BCUT2D eigenvalue weighted by atomic mass is 16.6. The molecule has 0 radical (unpaired) electrons. The molecule has 2 atom stereocenters. The van der Waals surface area contributed by atoms with Crippen molar-refractivity contribution in [1.29, 1.82) is 0 Å². The molecule has 0 amide bonds. The Morgan fingerprint density at radius 1 is 1.55 bits per heavy atom. The molecule has 0 rings (SSSR count). The second kappa shape index (κ2) is 5.07. The second-order valence-electron chi connectivity index (χ2n) is 2.77. The number of aliphatic hydroxyl groups excluding tert-OH is 1. The van der Waals surface area contributed by atoms with Crippen LogP contribution in [0, 0.1) is 10.1 Å². The largest absolute Gasteiger partial charge is 0.393 e. The Morgan fingerprint density at radius 2 is 2.09 bits per heavy atom. The number of hydrogen-bond donors (Lipinski definition) is 1. The monoisotopic (exact) mass is 161 g/mol. The summed E-state index contributed by atoms with van der Waals surface area (Å²) in [6, 6.07) is -0.531. The van der Waals surface area contributed by atoms with E-state index in [1.54, 1.807) is 6.92 Å². The van der Waals surface area contributed by atoms with E-state index >= 15 is 0 Å². The van der Waals surface area contributed by atoms with Crippen molar-refractivity contribution in [2.24, 2.45) is 0 Å². The minimum Gasteiger partial charge on any atom is -0.393 e. The number of aliphatic hydroxyl groups is 1. The lowest BCUT2D eigenvalue weighted by Crippen LogP contribution is -2.17. The van der Waals surface area contributed by atoms with Crippen LogP contribution < -0.4 is 0 Å². The summed E-state index contributed by atoms with van der Waals surface area (Å²) < 4.78 is 0. The van der Waals surface area contributed by atoms with Crippen LogP contribution in [0.1, 0.15) is 33.1 Å². The first-order chi connectivity index (χ1) is 5.07. The third-order valence-electron chi connectivity index (χ3n) is 1.75. The Hall–Kier alpha value is -0.640. The standard InChI is InChI=1S/C7H15NO3/c1-3-7(9)5-4-6(2)8(10)11/h6-7,9H,3-5H2,1-2H3. The summed E-state index contributed by atoms with van der Waals surface area (Å²) in [4.78, 5) is 9.81. The van der Waals surface area contributed by atoms with Gasteiger partial charge in [0.1, 0.15) is 0 Å². The zero-order chi connectivity index (χ0) is 8.85. The molecule has 0 saturated carbocycles. The van der Waals surface area contributed by atoms with Crippen molar-refractivity contribution in [3.8, 4) is 0 Å². The van der Waals surface area contributed by atoms with Gasteiger partial charge in [0.05, 0.1) is 6.10 Å². The summed E-state index contributed by atoms with van der Waals surface area (Å²) in [6.45, 7) is 3.42. The molecule has 0 aliphatic heterocycles. The van der Waals surface area contributed by atoms with Gasteiger partial charge in [0.2, 0.25) is 6.04 Å². The van der Waals surface area contributed by atoms with E-state index in [9.17, 15) is 10.1 Å². The topological polar surface area (TPSA) is 63.4 Å². The smallest absolute Gasteiger partial charge is 0.210 e. The lowest BCUT2D eigenvalue weighted by Gasteiger charge is -2.07. The van der Waals surface area contributed by atoms with Gasteiger partial charge in [-0.15, -0.1) is 0 Å². The zero-order valence-electron chi connectivity index (χ0n) is 6.99. The predicted molar refractivity (Wildman–Crippen MR) is 42.0 cm³/mol. The fourth-order valence-electron chi connectivity index (χ4n) is 0.743. The molecule has 0 aromatic heterocycles. The fourth-order valence-corrected chi connectivity index (χ4v) is 0.743. The maximum absolute atomic E-state index is 10.1. The molecular weight excluding hydrogens is 146 g/mol. The quantitative estimate of drug-likeness (QED) is 0.486. The molecule has 0 fully saturated rings. The minimum atomic E-state index is -0.531. The van der Waals surface area contributed by atoms with Gasteiger partial charge >= 0.3 is 0 Å². The molecule has 0 aliphatic rings. The fraction of sp³-hybridized carbons (Fsp3) is 1.00. The van der Waals surface area contributed by atoms with E-state index in [4.69, 9.17) is 5.11 Å². The van der Waals surface area contributed by atoms with Crippen LogP contribution in [0.15, 0.2) is 0 Å². The Balaban J connectivity index is 3.45. The average molecular weight is 161 g/mol. The van der Waals surface area contributed by atoms with E-state index < -0.39 is 6.04 Å². The van der Waals surface area contributed by atoms with E-state index in [1.165, 1.54) is 0 Å². The molecule has 0 aromatic carbocycles. The van der Waals surface area contributed by atoms with Crippen LogP contribution in [0.3, 0.4) is 0 Å². The molecule has 2 unspecified atom stereocenters. The molecule has 0 spiro atoms. The molecule has 4 nitrogen and oxygen atoms in total. The summed E-state index contributed by atoms with van der Waals surface area (Å²) in [6.07, 6.45) is 1.28. The van der Waals surface area contributed by atoms with Crippen molar-refractivity contribution < 1.29 is 10.0 Å². The van der Waals surface area contributed by atoms with Crippen LogP contribution in [-0.2, 0) is 0 Å². The van der Waals surface area contributed by atoms with Crippen LogP contribution in [0.25, 0.3) is 0 Å². The first kappa shape index (κ1) is 10.4. The summed E-state index contributed by atoms with van der Waals surface area (Å²) in [7, 11) is 0. The van der Waals surface area contributed by atoms with Gasteiger partial charge in [0.25, 0.3) is 0 Å². The number of rotatable bonds is 5. The molecule has 1 N–H and O–H groups in total. The highest BCUT2D eigenvalue weighted by molar-refractivity contribution is 4.56. The number of nitrogens with zero attached hydrogens (tertiary/aromatic N) is 1. The Kier molecular flexibility index (Phi) is 4.77. The highest BCUT2D eigenvalue weighted by Gasteiger charge is 2.13. The third kappa shape index (κ3) is 4.72. The minimum absolute atomic E-state index is 0.317. The highest BCUT2D eigenvalue weighted by Crippen LogP contribution is 2.05. The lowest BCUT2D eigenvalue weighted by molar-refractivity contribution is -0.519. The lowest BCUT2D eigenvalue weighted by atomic mass is 10.1. The van der Waals surface area contributed by atoms with E-state index in [0.717, 1.165) is 0 Å². The second-order valence-corrected chi connectivity index (χ2v) is 2.77. The van der Waals surface area contributed by atoms with E-state index in [0.29, 0.717) is 19.3 Å². The van der Waals surface area contributed by atoms with Crippen molar-refractivity contribution in [3.05, 3.63) is 10.1 Å². The van der Waals surface area contributed by atoms with Gasteiger partial charge in [0.15, 0.2) is 0 Å². The Labute approximate surface area is 66.4 Å². The summed E-state index contributed by atoms with van der Waals surface area (Å²) in [5.74, 6) is 0. The van der Waals surface area contributed by atoms with Gasteiger partial charge in [-0.1, -0.05) is 6.92 Å². The molecule has 0 aromatic rings. The zero-order valence-corrected chi connectivity index (χ0v) is 6.99. The van der Waals surface area contributed by atoms with E-state index in [-0.39, 0.29) is 11.0 Å². The third-order valence-corrected chi connectivity index (χ3v) is 1.75. The Morgan fingerprint density at radius 3 is 2.45 bits per heavy atom. The van der Waals surface area contributed by atoms with E-state index in [2.05, 4.69) is 0 Å². The summed E-state index contributed by atoms with van der Waals surface area (Å²) in [5.41, 5.74) is 0. The maximum Gasteiger partial charge on any atom is 0.210 e. The molecular formula is C7H15NO3. The van der Waals surface area contributed by atoms with Crippen LogP contribution >= 0.6 is 0 Å².